The van der Waals surface area contributed by atoms with E-state index in [2.05, 4.69) is 15.8 Å². The maximum absolute atomic E-state index is 12.1. The Balaban J connectivity index is 2.40. The van der Waals surface area contributed by atoms with Crippen LogP contribution in [0.25, 0.3) is 0 Å². The first kappa shape index (κ1) is 16.2. The van der Waals surface area contributed by atoms with Gasteiger partial charge in [-0.2, -0.15) is 0 Å². The van der Waals surface area contributed by atoms with Crippen molar-refractivity contribution < 1.29 is 14.1 Å². The van der Waals surface area contributed by atoms with E-state index in [1.54, 1.807) is 6.92 Å². The zero-order valence-corrected chi connectivity index (χ0v) is 12.6. The zero-order chi connectivity index (χ0) is 15.1. The maximum atomic E-state index is 12.1. The molecule has 0 saturated heterocycles. The van der Waals surface area contributed by atoms with E-state index < -0.39 is 0 Å². The summed E-state index contributed by atoms with van der Waals surface area (Å²) in [4.78, 5) is 22.8. The number of aromatic nitrogens is 1. The Kier molecular flexibility index (Phi) is 6.21. The van der Waals surface area contributed by atoms with Gasteiger partial charge >= 0.3 is 0 Å². The predicted molar refractivity (Wildman–Crippen MR) is 75.6 cm³/mol. The van der Waals surface area contributed by atoms with E-state index in [-0.39, 0.29) is 17.7 Å². The number of nitrogens with one attached hydrogen (secondary N) is 2. The lowest BCUT2D eigenvalue weighted by Gasteiger charge is -2.07. The molecule has 0 bridgehead atoms. The van der Waals surface area contributed by atoms with Crippen molar-refractivity contribution in [2.75, 3.05) is 13.1 Å². The lowest BCUT2D eigenvalue weighted by Crippen LogP contribution is -2.27. The summed E-state index contributed by atoms with van der Waals surface area (Å²) in [6.45, 7) is 8.38. The molecule has 6 heteroatoms. The fraction of sp³-hybridized carbons (Fsp3) is 0.643. The van der Waals surface area contributed by atoms with Crippen LogP contribution in [0.15, 0.2) is 4.52 Å². The quantitative estimate of drug-likeness (QED) is 0.746. The Hall–Kier alpha value is -1.85. The van der Waals surface area contributed by atoms with Crippen molar-refractivity contribution in [2.45, 2.75) is 46.5 Å². The van der Waals surface area contributed by atoms with Crippen LogP contribution in [0, 0.1) is 6.92 Å². The van der Waals surface area contributed by atoms with Crippen molar-refractivity contribution in [1.29, 1.82) is 0 Å². The van der Waals surface area contributed by atoms with Crippen LogP contribution in [0.2, 0.25) is 0 Å². The molecule has 20 heavy (non-hydrogen) atoms. The van der Waals surface area contributed by atoms with E-state index >= 15 is 0 Å². The summed E-state index contributed by atoms with van der Waals surface area (Å²) in [5, 5.41) is 9.43. The van der Waals surface area contributed by atoms with Gasteiger partial charge in [0.05, 0.1) is 5.69 Å². The molecular weight excluding hydrogens is 258 g/mol. The van der Waals surface area contributed by atoms with Crippen molar-refractivity contribution in [2.24, 2.45) is 0 Å². The second-order valence-electron chi connectivity index (χ2n) is 5.11. The number of carbonyl (C=O) groups is 2. The number of carbonyl (C=O) groups excluding carboxylic acids is 2. The summed E-state index contributed by atoms with van der Waals surface area (Å²) < 4.78 is 5.19. The van der Waals surface area contributed by atoms with Gasteiger partial charge in [-0.25, -0.2) is 0 Å². The van der Waals surface area contributed by atoms with Gasteiger partial charge in [-0.05, 0) is 19.8 Å². The second-order valence-corrected chi connectivity index (χ2v) is 5.11. The number of hydrogen-bond acceptors (Lipinski definition) is 4. The van der Waals surface area contributed by atoms with E-state index in [0.29, 0.717) is 30.1 Å². The standard InChI is InChI=1S/C14H23N3O3/c1-9(2)13-12(10(3)17-20-13)14(19)16-8-6-5-7-15-11(4)18/h9H,5-8H2,1-4H3,(H,15,18)(H,16,19). The van der Waals surface area contributed by atoms with Crippen molar-refractivity contribution in [1.82, 2.24) is 15.8 Å². The van der Waals surface area contributed by atoms with E-state index in [0.717, 1.165) is 12.8 Å². The average molecular weight is 281 g/mol. The second kappa shape index (κ2) is 7.67. The van der Waals surface area contributed by atoms with Gasteiger partial charge in [-0.3, -0.25) is 9.59 Å². The SMILES string of the molecule is CC(=O)NCCCCNC(=O)c1c(C)noc1C(C)C. The fourth-order valence-corrected chi connectivity index (χ4v) is 1.86. The van der Waals surface area contributed by atoms with Gasteiger partial charge < -0.3 is 15.2 Å². The summed E-state index contributed by atoms with van der Waals surface area (Å²) in [5.41, 5.74) is 1.16. The molecule has 1 aromatic heterocycles. The third-order valence-electron chi connectivity index (χ3n) is 2.90. The topological polar surface area (TPSA) is 84.2 Å². The van der Waals surface area contributed by atoms with Crippen LogP contribution in [0.5, 0.6) is 0 Å². The van der Waals surface area contributed by atoms with Gasteiger partial charge in [0.1, 0.15) is 5.56 Å². The molecule has 0 spiro atoms. The molecule has 1 heterocycles. The highest BCUT2D eigenvalue weighted by molar-refractivity contribution is 5.96. The molecule has 0 unspecified atom stereocenters. The van der Waals surface area contributed by atoms with Crippen molar-refractivity contribution in [3.05, 3.63) is 17.0 Å². The Morgan fingerprint density at radius 1 is 1.20 bits per heavy atom. The highest BCUT2D eigenvalue weighted by atomic mass is 16.5. The summed E-state index contributed by atoms with van der Waals surface area (Å²) in [7, 11) is 0. The first-order valence-electron chi connectivity index (χ1n) is 6.92. The number of rotatable bonds is 7. The van der Waals surface area contributed by atoms with E-state index in [9.17, 15) is 9.59 Å². The summed E-state index contributed by atoms with van der Waals surface area (Å²) in [6.07, 6.45) is 1.65. The summed E-state index contributed by atoms with van der Waals surface area (Å²) in [5.74, 6) is 0.567. The van der Waals surface area contributed by atoms with Crippen molar-refractivity contribution >= 4 is 11.8 Å². The Bertz CT molecular complexity index is 466. The van der Waals surface area contributed by atoms with Crippen LogP contribution >= 0.6 is 0 Å². The lowest BCUT2D eigenvalue weighted by atomic mass is 10.0. The van der Waals surface area contributed by atoms with Crippen LogP contribution in [0.3, 0.4) is 0 Å². The number of amides is 2. The number of aryl methyl sites for hydroxylation is 1. The van der Waals surface area contributed by atoms with Gasteiger partial charge in [0.15, 0.2) is 5.76 Å². The third kappa shape index (κ3) is 4.68. The van der Waals surface area contributed by atoms with Crippen molar-refractivity contribution in [3.8, 4) is 0 Å². The van der Waals surface area contributed by atoms with Gasteiger partial charge in [-0.1, -0.05) is 19.0 Å². The Morgan fingerprint density at radius 2 is 1.80 bits per heavy atom. The Morgan fingerprint density at radius 3 is 2.35 bits per heavy atom. The monoisotopic (exact) mass is 281 g/mol. The van der Waals surface area contributed by atoms with Crippen molar-refractivity contribution in [3.63, 3.8) is 0 Å². The van der Waals surface area contributed by atoms with E-state index in [1.165, 1.54) is 6.92 Å². The minimum atomic E-state index is -0.146. The molecule has 0 atom stereocenters. The molecule has 1 rings (SSSR count). The molecule has 0 aromatic carbocycles. The third-order valence-corrected chi connectivity index (χ3v) is 2.90. The van der Waals surface area contributed by atoms with Crippen LogP contribution in [-0.4, -0.2) is 30.1 Å². The summed E-state index contributed by atoms with van der Waals surface area (Å²) >= 11 is 0. The van der Waals surface area contributed by atoms with E-state index in [4.69, 9.17) is 4.52 Å². The molecule has 1 aromatic rings. The number of nitrogens with zero attached hydrogens (tertiary/aromatic N) is 1. The largest absolute Gasteiger partial charge is 0.360 e. The molecule has 2 amide bonds. The zero-order valence-electron chi connectivity index (χ0n) is 12.6. The number of hydrogen-bond donors (Lipinski definition) is 2. The smallest absolute Gasteiger partial charge is 0.256 e. The molecular formula is C14H23N3O3. The van der Waals surface area contributed by atoms with Gasteiger partial charge in [0, 0.05) is 25.9 Å². The van der Waals surface area contributed by atoms with Gasteiger partial charge in [0.25, 0.3) is 5.91 Å². The fourth-order valence-electron chi connectivity index (χ4n) is 1.86. The molecule has 6 nitrogen and oxygen atoms in total. The minimum Gasteiger partial charge on any atom is -0.360 e. The highest BCUT2D eigenvalue weighted by Crippen LogP contribution is 2.21. The van der Waals surface area contributed by atoms with Crippen LogP contribution in [0.4, 0.5) is 0 Å². The number of unbranched alkanes of at least 4 members (excludes halogenated alkanes) is 1. The molecule has 0 fully saturated rings. The van der Waals surface area contributed by atoms with Crippen LogP contribution < -0.4 is 10.6 Å². The molecule has 2 N–H and O–H groups in total. The van der Waals surface area contributed by atoms with E-state index in [1.807, 2.05) is 13.8 Å². The molecule has 0 aliphatic carbocycles. The van der Waals surface area contributed by atoms with Gasteiger partial charge in [-0.15, -0.1) is 0 Å². The summed E-state index contributed by atoms with van der Waals surface area (Å²) in [6, 6.07) is 0. The van der Waals surface area contributed by atoms with Gasteiger partial charge in [0.2, 0.25) is 5.91 Å². The van der Waals surface area contributed by atoms with Crippen LogP contribution in [-0.2, 0) is 4.79 Å². The first-order valence-corrected chi connectivity index (χ1v) is 6.92. The van der Waals surface area contributed by atoms with Crippen LogP contribution in [0.1, 0.15) is 61.3 Å². The molecule has 112 valence electrons. The average Bonchev–Trinajstić information content (AvgIpc) is 2.75. The minimum absolute atomic E-state index is 0.0318. The highest BCUT2D eigenvalue weighted by Gasteiger charge is 2.21. The molecule has 0 aliphatic heterocycles. The molecule has 0 saturated carbocycles. The first-order chi connectivity index (χ1) is 9.43. The predicted octanol–water partition coefficient (Wildman–Crippen LogP) is 1.75. The molecule has 0 radical (unpaired) electrons. The maximum Gasteiger partial charge on any atom is 0.256 e. The molecule has 0 aliphatic rings. The Labute approximate surface area is 119 Å². The lowest BCUT2D eigenvalue weighted by molar-refractivity contribution is -0.118. The normalized spacial score (nSPS) is 10.7.